The van der Waals surface area contributed by atoms with Crippen LogP contribution in [-0.4, -0.2) is 87.1 Å². The van der Waals surface area contributed by atoms with Gasteiger partial charge in [-0.15, -0.1) is 0 Å². The van der Waals surface area contributed by atoms with Gasteiger partial charge in [-0.25, -0.2) is 9.78 Å². The van der Waals surface area contributed by atoms with Crippen LogP contribution in [0.1, 0.15) is 50.6 Å². The number of carbonyl (C=O) groups excluding carboxylic acids is 3. The van der Waals surface area contributed by atoms with Crippen molar-refractivity contribution in [1.29, 1.82) is 0 Å². The molecule has 0 spiro atoms. The number of H-pyrrole nitrogens is 1. The molecule has 2 heterocycles. The van der Waals surface area contributed by atoms with Gasteiger partial charge in [0.05, 0.1) is 12.4 Å². The van der Waals surface area contributed by atoms with Crippen molar-refractivity contribution in [1.82, 2.24) is 31.2 Å². The predicted octanol–water partition coefficient (Wildman–Crippen LogP) is -1.76. The van der Waals surface area contributed by atoms with Gasteiger partial charge in [-0.2, -0.15) is 0 Å². The van der Waals surface area contributed by atoms with Crippen LogP contribution in [-0.2, 0) is 30.4 Å². The summed E-state index contributed by atoms with van der Waals surface area (Å²) in [6, 6.07) is -4.04. The highest BCUT2D eigenvalue weighted by atomic mass is 16.4. The van der Waals surface area contributed by atoms with Gasteiger partial charge < -0.3 is 42.2 Å². The number of amides is 3. The topological polar surface area (TPSA) is 229 Å². The lowest BCUT2D eigenvalue weighted by atomic mass is 10.0. The van der Waals surface area contributed by atoms with Crippen LogP contribution in [0.15, 0.2) is 12.5 Å². The molecule has 2 rings (SSSR count). The molecule has 1 aliphatic heterocycles. The van der Waals surface area contributed by atoms with E-state index >= 15 is 0 Å². The molecular weight excluding hydrogens is 474 g/mol. The van der Waals surface area contributed by atoms with Gasteiger partial charge in [-0.1, -0.05) is 0 Å². The van der Waals surface area contributed by atoms with E-state index in [0.29, 0.717) is 38.0 Å². The minimum Gasteiger partial charge on any atom is -0.481 e. The quantitative estimate of drug-likeness (QED) is 0.117. The second-order valence-corrected chi connectivity index (χ2v) is 8.67. The van der Waals surface area contributed by atoms with E-state index in [2.05, 4.69) is 31.2 Å². The van der Waals surface area contributed by atoms with Crippen LogP contribution in [0.4, 0.5) is 0 Å². The summed E-state index contributed by atoms with van der Waals surface area (Å²) >= 11 is 0. The number of hydrogen-bond acceptors (Lipinski definition) is 8. The van der Waals surface area contributed by atoms with Crippen LogP contribution in [0.25, 0.3) is 0 Å². The molecule has 4 unspecified atom stereocenters. The standard InChI is InChI=1S/C22H35N7O7/c23-8-2-1-4-15(27-19(32)14-5-3-9-25-14)20(33)28-16(6-7-18(30)31)21(34)29-17(22(35)36)10-13-11-24-12-26-13/h11-12,14-17,25H,1-10,23H2,(H,24,26)(H,27,32)(H,28,33)(H,29,34)(H,30,31)(H,35,36). The third-order valence-corrected chi connectivity index (χ3v) is 5.83. The first kappa shape index (κ1) is 28.7. The second-order valence-electron chi connectivity index (χ2n) is 8.67. The summed E-state index contributed by atoms with van der Waals surface area (Å²) in [6.07, 6.45) is 4.90. The smallest absolute Gasteiger partial charge is 0.326 e. The molecule has 1 saturated heterocycles. The molecule has 3 amide bonds. The summed E-state index contributed by atoms with van der Waals surface area (Å²) in [5.74, 6) is -4.34. The number of unbranched alkanes of at least 4 members (excludes halogenated alkanes) is 1. The lowest BCUT2D eigenvalue weighted by molar-refractivity contribution is -0.143. The number of aromatic amines is 1. The van der Waals surface area contributed by atoms with Crippen molar-refractivity contribution in [3.63, 3.8) is 0 Å². The first-order valence-electron chi connectivity index (χ1n) is 12.0. The molecule has 14 nitrogen and oxygen atoms in total. The van der Waals surface area contributed by atoms with Gasteiger partial charge >= 0.3 is 11.9 Å². The van der Waals surface area contributed by atoms with Gasteiger partial charge in [0.15, 0.2) is 0 Å². The molecule has 14 heteroatoms. The fraction of sp³-hybridized carbons (Fsp3) is 0.636. The highest BCUT2D eigenvalue weighted by Crippen LogP contribution is 2.09. The predicted molar refractivity (Wildman–Crippen MR) is 127 cm³/mol. The Morgan fingerprint density at radius 1 is 1.03 bits per heavy atom. The number of nitrogens with one attached hydrogen (secondary N) is 5. The van der Waals surface area contributed by atoms with Gasteiger partial charge in [-0.3, -0.25) is 19.2 Å². The number of carboxylic acid groups (broad SMARTS) is 2. The van der Waals surface area contributed by atoms with E-state index in [1.807, 2.05) is 0 Å². The van der Waals surface area contributed by atoms with E-state index in [-0.39, 0.29) is 25.2 Å². The van der Waals surface area contributed by atoms with Crippen molar-refractivity contribution in [2.24, 2.45) is 5.73 Å². The van der Waals surface area contributed by atoms with Crippen molar-refractivity contribution in [3.8, 4) is 0 Å². The Labute approximate surface area is 208 Å². The van der Waals surface area contributed by atoms with Crippen LogP contribution in [0.2, 0.25) is 0 Å². The second kappa shape index (κ2) is 14.8. The zero-order valence-electron chi connectivity index (χ0n) is 20.0. The minimum atomic E-state index is -1.34. The summed E-state index contributed by atoms with van der Waals surface area (Å²) in [5.41, 5.74) is 6.01. The maximum atomic E-state index is 13.1. The van der Waals surface area contributed by atoms with E-state index in [1.165, 1.54) is 12.5 Å². The minimum absolute atomic E-state index is 0.0904. The summed E-state index contributed by atoms with van der Waals surface area (Å²) < 4.78 is 0. The number of aliphatic carboxylic acids is 2. The van der Waals surface area contributed by atoms with Gasteiger partial charge in [0.25, 0.3) is 0 Å². The maximum Gasteiger partial charge on any atom is 0.326 e. The largest absolute Gasteiger partial charge is 0.481 e. The van der Waals surface area contributed by atoms with Crippen molar-refractivity contribution in [3.05, 3.63) is 18.2 Å². The Morgan fingerprint density at radius 2 is 1.72 bits per heavy atom. The van der Waals surface area contributed by atoms with Crippen LogP contribution in [0.5, 0.6) is 0 Å². The van der Waals surface area contributed by atoms with E-state index in [4.69, 9.17) is 10.8 Å². The summed E-state index contributed by atoms with van der Waals surface area (Å²) in [7, 11) is 0. The fourth-order valence-electron chi connectivity index (χ4n) is 3.84. The number of carbonyl (C=O) groups is 5. The monoisotopic (exact) mass is 509 g/mol. The molecular formula is C22H35N7O7. The molecule has 4 atom stereocenters. The van der Waals surface area contributed by atoms with Gasteiger partial charge in [0, 0.05) is 24.7 Å². The molecule has 1 aromatic heterocycles. The summed E-state index contributed by atoms with van der Waals surface area (Å²) in [5, 5.41) is 29.2. The third kappa shape index (κ3) is 9.62. The normalized spacial score (nSPS) is 17.5. The van der Waals surface area contributed by atoms with Crippen molar-refractivity contribution in [2.45, 2.75) is 75.5 Å². The van der Waals surface area contributed by atoms with Gasteiger partial charge in [-0.05, 0) is 51.6 Å². The molecule has 1 aromatic rings. The number of hydrogen-bond donors (Lipinski definition) is 8. The Hall–Kier alpha value is -3.52. The SMILES string of the molecule is NCCCCC(NC(=O)C1CCCN1)C(=O)NC(CCC(=O)O)C(=O)NC(Cc1cnc[nH]1)C(=O)O. The van der Waals surface area contributed by atoms with Crippen LogP contribution in [0.3, 0.4) is 0 Å². The van der Waals surface area contributed by atoms with Gasteiger partial charge in [0.1, 0.15) is 18.1 Å². The molecule has 1 aliphatic rings. The molecule has 9 N–H and O–H groups in total. The molecule has 36 heavy (non-hydrogen) atoms. The number of rotatable bonds is 16. The molecule has 1 fully saturated rings. The average Bonchev–Trinajstić information content (AvgIpc) is 3.54. The molecule has 0 aromatic carbocycles. The molecule has 200 valence electrons. The van der Waals surface area contributed by atoms with Crippen LogP contribution < -0.4 is 27.0 Å². The Kier molecular flexibility index (Phi) is 11.8. The van der Waals surface area contributed by atoms with Crippen molar-refractivity contribution >= 4 is 29.7 Å². The zero-order chi connectivity index (χ0) is 26.5. The lowest BCUT2D eigenvalue weighted by Gasteiger charge is -2.25. The highest BCUT2D eigenvalue weighted by molar-refractivity contribution is 5.94. The number of nitrogens with two attached hydrogens (primary N) is 1. The summed E-state index contributed by atoms with van der Waals surface area (Å²) in [6.45, 7) is 1.10. The number of aromatic nitrogens is 2. The summed E-state index contributed by atoms with van der Waals surface area (Å²) in [4.78, 5) is 68.0. The van der Waals surface area contributed by atoms with Crippen molar-refractivity contribution in [2.75, 3.05) is 13.1 Å². The molecule has 0 bridgehead atoms. The van der Waals surface area contributed by atoms with E-state index in [0.717, 1.165) is 6.42 Å². The van der Waals surface area contributed by atoms with Crippen LogP contribution >= 0.6 is 0 Å². The van der Waals surface area contributed by atoms with Crippen molar-refractivity contribution < 1.29 is 34.2 Å². The maximum absolute atomic E-state index is 13.1. The number of nitrogens with zero attached hydrogens (tertiary/aromatic N) is 1. The molecule has 0 saturated carbocycles. The zero-order valence-corrected chi connectivity index (χ0v) is 20.0. The third-order valence-electron chi connectivity index (χ3n) is 5.83. The molecule has 0 aliphatic carbocycles. The van der Waals surface area contributed by atoms with E-state index in [9.17, 15) is 29.1 Å². The molecule has 0 radical (unpaired) electrons. The van der Waals surface area contributed by atoms with Gasteiger partial charge in [0.2, 0.25) is 17.7 Å². The Morgan fingerprint density at radius 3 is 2.28 bits per heavy atom. The Balaban J connectivity index is 2.10. The highest BCUT2D eigenvalue weighted by Gasteiger charge is 2.31. The first-order valence-corrected chi connectivity index (χ1v) is 12.0. The Bertz CT molecular complexity index is 887. The lowest BCUT2D eigenvalue weighted by Crippen LogP contribution is -2.57. The number of carboxylic acids is 2. The van der Waals surface area contributed by atoms with E-state index in [1.54, 1.807) is 0 Å². The fourth-order valence-corrected chi connectivity index (χ4v) is 3.84. The number of imidazole rings is 1. The van der Waals surface area contributed by atoms with Crippen LogP contribution in [0, 0.1) is 0 Å². The first-order chi connectivity index (χ1) is 17.2. The van der Waals surface area contributed by atoms with E-state index < -0.39 is 54.3 Å². The average molecular weight is 510 g/mol.